The molecule has 190 valence electrons. The molecule has 35 heavy (non-hydrogen) atoms. The van der Waals surface area contributed by atoms with Gasteiger partial charge in [0.05, 0.1) is 18.5 Å². The molecule has 2 aromatic heterocycles. The van der Waals surface area contributed by atoms with E-state index in [1.165, 1.54) is 6.92 Å². The molecule has 2 aliphatic heterocycles. The Balaban J connectivity index is 1.49. The fraction of sp³-hybridized carbons (Fsp3) is 0.500. The zero-order valence-corrected chi connectivity index (χ0v) is 21.1. The van der Waals surface area contributed by atoms with Crippen LogP contribution in [0, 0.1) is 6.92 Å². The number of halogens is 2. The van der Waals surface area contributed by atoms with E-state index in [9.17, 15) is 24.1 Å². The molecule has 12 nitrogen and oxygen atoms in total. The molecule has 15 heteroatoms. The summed E-state index contributed by atoms with van der Waals surface area (Å²) in [5.41, 5.74) is 0.125. The number of nitrogens with one attached hydrogen (secondary N) is 1. The van der Waals surface area contributed by atoms with Gasteiger partial charge in [-0.3, -0.25) is 28.6 Å². The number of hydrogen-bond donors (Lipinski definition) is 2. The van der Waals surface area contributed by atoms with Crippen LogP contribution >= 0.6 is 23.5 Å². The van der Waals surface area contributed by atoms with Crippen molar-refractivity contribution in [1.29, 1.82) is 0 Å². The lowest BCUT2D eigenvalue weighted by Gasteiger charge is -2.28. The summed E-state index contributed by atoms with van der Waals surface area (Å²) >= 11 is 2.75. The van der Waals surface area contributed by atoms with Crippen LogP contribution < -0.4 is 15.8 Å². The number of fused-ring (bicyclic) bond motifs is 1. The maximum Gasteiger partial charge on any atom is 0.379 e. The molecule has 0 radical (unpaired) electrons. The van der Waals surface area contributed by atoms with E-state index in [2.05, 4.69) is 20.9 Å². The van der Waals surface area contributed by atoms with Crippen molar-refractivity contribution in [3.63, 3.8) is 0 Å². The second kappa shape index (κ2) is 9.58. The molecular formula is C20H22BrFN3O9P. The lowest BCUT2D eigenvalue weighted by atomic mass is 10.1. The van der Waals surface area contributed by atoms with E-state index in [1.54, 1.807) is 13.1 Å². The first-order valence-electron chi connectivity index (χ1n) is 10.5. The number of aliphatic hydroxyl groups excluding tert-OH is 1. The average molecular weight is 578 g/mol. The Morgan fingerprint density at radius 1 is 1.49 bits per heavy atom. The number of H-pyrrole nitrogens is 1. The SMILES string of the molecule is CC(=O)OCc1cnc(C)c2c1CCP(=O)(OC[C@H]1O[C@@H](n3ccc(=O)[nH]c3=O)[C@@](F)(Br)C1O)O2. The Kier molecular flexibility index (Phi) is 7.04. The first kappa shape index (κ1) is 25.7. The monoisotopic (exact) mass is 577 g/mol. The minimum Gasteiger partial charge on any atom is -0.461 e. The lowest BCUT2D eigenvalue weighted by molar-refractivity contribution is -0.142. The number of carbonyl (C=O) groups excluding carboxylic acids is 1. The number of ether oxygens (including phenoxy) is 2. The Bertz CT molecular complexity index is 1310. The predicted molar refractivity (Wildman–Crippen MR) is 121 cm³/mol. The molecule has 5 atom stereocenters. The summed E-state index contributed by atoms with van der Waals surface area (Å²) in [7, 11) is -3.75. The van der Waals surface area contributed by atoms with Crippen molar-refractivity contribution >= 4 is 29.5 Å². The Labute approximate surface area is 206 Å². The smallest absolute Gasteiger partial charge is 0.379 e. The number of aromatic amines is 1. The van der Waals surface area contributed by atoms with Gasteiger partial charge in [0.2, 0.25) is 4.58 Å². The van der Waals surface area contributed by atoms with Crippen molar-refractivity contribution in [3.8, 4) is 5.75 Å². The molecule has 2 aliphatic rings. The maximum atomic E-state index is 15.3. The molecule has 2 aromatic rings. The molecule has 0 aromatic carbocycles. The van der Waals surface area contributed by atoms with Gasteiger partial charge in [-0.1, -0.05) is 0 Å². The van der Waals surface area contributed by atoms with E-state index in [4.69, 9.17) is 18.5 Å². The fourth-order valence-electron chi connectivity index (χ4n) is 3.80. The molecule has 0 saturated carbocycles. The largest absolute Gasteiger partial charge is 0.461 e. The van der Waals surface area contributed by atoms with Gasteiger partial charge in [-0.15, -0.1) is 0 Å². The van der Waals surface area contributed by atoms with Crippen molar-refractivity contribution in [2.45, 2.75) is 49.9 Å². The van der Waals surface area contributed by atoms with Crippen LogP contribution in [0.2, 0.25) is 0 Å². The van der Waals surface area contributed by atoms with E-state index in [-0.39, 0.29) is 24.9 Å². The summed E-state index contributed by atoms with van der Waals surface area (Å²) in [6.45, 7) is 2.40. The molecule has 0 amide bonds. The zero-order valence-electron chi connectivity index (χ0n) is 18.6. The van der Waals surface area contributed by atoms with E-state index in [0.717, 1.165) is 16.8 Å². The molecule has 0 bridgehead atoms. The second-order valence-corrected chi connectivity index (χ2v) is 11.4. The average Bonchev–Trinajstić information content (AvgIpc) is 3.01. The van der Waals surface area contributed by atoms with Crippen LogP contribution in [0.15, 0.2) is 28.0 Å². The van der Waals surface area contributed by atoms with Crippen LogP contribution in [0.25, 0.3) is 0 Å². The summed E-state index contributed by atoms with van der Waals surface area (Å²) in [6, 6.07) is 1.00. The molecule has 2 unspecified atom stereocenters. The van der Waals surface area contributed by atoms with E-state index < -0.39 is 54.4 Å². The predicted octanol–water partition coefficient (Wildman–Crippen LogP) is 1.47. The van der Waals surface area contributed by atoms with Crippen molar-refractivity contribution < 1.29 is 37.4 Å². The zero-order chi connectivity index (χ0) is 25.5. The minimum absolute atomic E-state index is 0.0170. The van der Waals surface area contributed by atoms with Crippen LogP contribution in [0.5, 0.6) is 5.75 Å². The molecule has 4 rings (SSSR count). The third kappa shape index (κ3) is 5.12. The van der Waals surface area contributed by atoms with Gasteiger partial charge in [0.15, 0.2) is 12.0 Å². The van der Waals surface area contributed by atoms with E-state index >= 15 is 4.39 Å². The van der Waals surface area contributed by atoms with Gasteiger partial charge in [-0.05, 0) is 29.3 Å². The molecule has 2 N–H and O–H groups in total. The first-order chi connectivity index (χ1) is 16.4. The Morgan fingerprint density at radius 3 is 2.91 bits per heavy atom. The van der Waals surface area contributed by atoms with Crippen molar-refractivity contribution in [2.75, 3.05) is 12.8 Å². The van der Waals surface area contributed by atoms with E-state index in [1.807, 2.05) is 4.98 Å². The highest BCUT2D eigenvalue weighted by molar-refractivity contribution is 9.10. The number of rotatable bonds is 6. The number of nitrogens with zero attached hydrogens (tertiary/aromatic N) is 2. The Morgan fingerprint density at radius 2 is 2.23 bits per heavy atom. The number of aliphatic hydroxyl groups is 1. The number of carbonyl (C=O) groups is 1. The van der Waals surface area contributed by atoms with Gasteiger partial charge in [-0.2, -0.15) is 0 Å². The summed E-state index contributed by atoms with van der Waals surface area (Å²) in [5.74, 6) is -0.214. The van der Waals surface area contributed by atoms with Crippen LogP contribution in [-0.4, -0.2) is 55.2 Å². The van der Waals surface area contributed by atoms with Crippen molar-refractivity contribution in [1.82, 2.24) is 14.5 Å². The van der Waals surface area contributed by atoms with Gasteiger partial charge in [0.1, 0.15) is 18.8 Å². The number of hydrogen-bond acceptors (Lipinski definition) is 10. The van der Waals surface area contributed by atoms with Gasteiger partial charge in [0.25, 0.3) is 5.56 Å². The molecule has 1 fully saturated rings. The summed E-state index contributed by atoms with van der Waals surface area (Å²) in [4.78, 5) is 40.7. The lowest BCUT2D eigenvalue weighted by Crippen LogP contribution is -2.41. The highest BCUT2D eigenvalue weighted by atomic mass is 79.9. The number of aryl methyl sites for hydroxylation is 1. The summed E-state index contributed by atoms with van der Waals surface area (Å²) in [5, 5.41) is 10.5. The summed E-state index contributed by atoms with van der Waals surface area (Å²) < 4.78 is 48.4. The van der Waals surface area contributed by atoms with Crippen LogP contribution in [0.3, 0.4) is 0 Å². The highest BCUT2D eigenvalue weighted by Gasteiger charge is 2.57. The van der Waals surface area contributed by atoms with Gasteiger partial charge < -0.3 is 19.1 Å². The third-order valence-electron chi connectivity index (χ3n) is 5.62. The quantitative estimate of drug-likeness (QED) is 0.292. The third-order valence-corrected chi connectivity index (χ3v) is 8.26. The van der Waals surface area contributed by atoms with Crippen LogP contribution in [-0.2, 0) is 36.4 Å². The Hall–Kier alpha value is -2.38. The maximum absolute atomic E-state index is 15.3. The topological polar surface area (TPSA) is 159 Å². The second-order valence-electron chi connectivity index (χ2n) is 8.09. The van der Waals surface area contributed by atoms with Crippen molar-refractivity contribution in [3.05, 3.63) is 56.1 Å². The highest BCUT2D eigenvalue weighted by Crippen LogP contribution is 2.55. The molecule has 0 spiro atoms. The number of alkyl halides is 2. The van der Waals surface area contributed by atoms with Gasteiger partial charge in [0, 0.05) is 36.5 Å². The molecule has 4 heterocycles. The standard InChI is InChI=1S/C20H22BrFN3O9P/c1-10-16-13(12(7-23-10)8-31-11(2)26)4-6-35(30,34-16)32-9-14-17(28)20(21,22)18(33-14)25-5-3-15(27)24-19(25)29/h3,5,7,14,17-18,28H,4,6,8-9H2,1-2H3,(H,24,27,29)/t14-,17?,18-,20-,35?/m1/s1. The molecule has 0 aliphatic carbocycles. The normalized spacial score (nSPS) is 29.9. The van der Waals surface area contributed by atoms with Crippen LogP contribution in [0.1, 0.15) is 30.0 Å². The van der Waals surface area contributed by atoms with Gasteiger partial charge >= 0.3 is 19.3 Å². The summed E-state index contributed by atoms with van der Waals surface area (Å²) in [6.07, 6.45) is -1.94. The van der Waals surface area contributed by atoms with Gasteiger partial charge in [-0.25, -0.2) is 13.8 Å². The molecular weight excluding hydrogens is 556 g/mol. The van der Waals surface area contributed by atoms with Crippen LogP contribution in [0.4, 0.5) is 4.39 Å². The first-order valence-corrected chi connectivity index (χ1v) is 13.0. The number of aromatic nitrogens is 3. The minimum atomic E-state index is -3.75. The number of esters is 1. The van der Waals surface area contributed by atoms with E-state index in [0.29, 0.717) is 16.8 Å². The fourth-order valence-corrected chi connectivity index (χ4v) is 6.09. The van der Waals surface area contributed by atoms with Crippen molar-refractivity contribution in [2.24, 2.45) is 0 Å². The molecule has 1 saturated heterocycles. The number of pyridine rings is 1.